The van der Waals surface area contributed by atoms with Crippen molar-refractivity contribution in [2.24, 2.45) is 0 Å². The van der Waals surface area contributed by atoms with Gasteiger partial charge < -0.3 is 10.0 Å². The van der Waals surface area contributed by atoms with Gasteiger partial charge in [0, 0.05) is 30.3 Å². The van der Waals surface area contributed by atoms with Crippen LogP contribution in [0.3, 0.4) is 0 Å². The minimum atomic E-state index is -2.21. The molecule has 1 aliphatic rings. The van der Waals surface area contributed by atoms with Gasteiger partial charge in [-0.05, 0) is 30.3 Å². The standard InChI is InChI=1S/C17H13FN2O5/c1-19-14-7-6-12(20(24)25)8-13(14)17(23,16(19)22)9-15(21)10-2-4-11(18)5-3-10/h2-8,23H,9H2,1H3/t17-/m1/s1. The Bertz CT molecular complexity index is 896. The minimum absolute atomic E-state index is 0.00432. The number of hydrogen-bond donors (Lipinski definition) is 1. The number of halogens is 1. The van der Waals surface area contributed by atoms with Crippen LogP contribution >= 0.6 is 0 Å². The molecule has 2 aromatic carbocycles. The summed E-state index contributed by atoms with van der Waals surface area (Å²) in [7, 11) is 1.41. The van der Waals surface area contributed by atoms with Crippen molar-refractivity contribution in [2.45, 2.75) is 12.0 Å². The lowest BCUT2D eigenvalue weighted by Crippen LogP contribution is -2.40. The van der Waals surface area contributed by atoms with E-state index < -0.39 is 34.5 Å². The Kier molecular flexibility index (Phi) is 3.84. The number of likely N-dealkylation sites (N-methyl/N-ethyl adjacent to an activating group) is 1. The summed E-state index contributed by atoms with van der Waals surface area (Å²) in [6.45, 7) is 0. The molecule has 3 rings (SSSR count). The predicted octanol–water partition coefficient (Wildman–Crippen LogP) is 2.17. The summed E-state index contributed by atoms with van der Waals surface area (Å²) in [4.78, 5) is 36.4. The first-order chi connectivity index (χ1) is 11.7. The third-order valence-corrected chi connectivity index (χ3v) is 4.24. The van der Waals surface area contributed by atoms with Crippen LogP contribution in [-0.2, 0) is 10.4 Å². The molecule has 1 amide bonds. The molecular weight excluding hydrogens is 331 g/mol. The topological polar surface area (TPSA) is 101 Å². The van der Waals surface area contributed by atoms with Crippen LogP contribution in [0.1, 0.15) is 22.3 Å². The Labute approximate surface area is 141 Å². The zero-order valence-corrected chi connectivity index (χ0v) is 13.1. The normalized spacial score (nSPS) is 19.0. The lowest BCUT2D eigenvalue weighted by Gasteiger charge is -2.21. The van der Waals surface area contributed by atoms with Crippen molar-refractivity contribution in [3.8, 4) is 0 Å². The van der Waals surface area contributed by atoms with Gasteiger partial charge in [-0.3, -0.25) is 19.7 Å². The van der Waals surface area contributed by atoms with E-state index in [9.17, 15) is 29.2 Å². The van der Waals surface area contributed by atoms with Gasteiger partial charge in [0.2, 0.25) is 0 Å². The Morgan fingerprint density at radius 1 is 1.28 bits per heavy atom. The lowest BCUT2D eigenvalue weighted by atomic mass is 9.88. The summed E-state index contributed by atoms with van der Waals surface area (Å²) < 4.78 is 13.0. The number of aliphatic hydroxyl groups is 1. The van der Waals surface area contributed by atoms with E-state index in [0.717, 1.165) is 23.1 Å². The Morgan fingerprint density at radius 3 is 2.52 bits per heavy atom. The number of hydrogen-bond acceptors (Lipinski definition) is 5. The Morgan fingerprint density at radius 2 is 1.92 bits per heavy atom. The van der Waals surface area contributed by atoms with E-state index in [1.54, 1.807) is 0 Å². The van der Waals surface area contributed by atoms with E-state index in [-0.39, 0.29) is 16.8 Å². The summed E-state index contributed by atoms with van der Waals surface area (Å²) in [5.74, 6) is -1.85. The molecule has 1 aliphatic heterocycles. The molecular formula is C17H13FN2O5. The Balaban J connectivity index is 2.02. The van der Waals surface area contributed by atoms with Crippen LogP contribution in [0.25, 0.3) is 0 Å². The molecule has 1 heterocycles. The third-order valence-electron chi connectivity index (χ3n) is 4.24. The largest absolute Gasteiger partial charge is 0.375 e. The van der Waals surface area contributed by atoms with E-state index in [1.807, 2.05) is 0 Å². The zero-order valence-electron chi connectivity index (χ0n) is 13.1. The monoisotopic (exact) mass is 344 g/mol. The first-order valence-corrected chi connectivity index (χ1v) is 7.32. The number of fused-ring (bicyclic) bond motifs is 1. The van der Waals surface area contributed by atoms with Crippen LogP contribution < -0.4 is 4.90 Å². The van der Waals surface area contributed by atoms with Gasteiger partial charge in [0.15, 0.2) is 11.4 Å². The van der Waals surface area contributed by atoms with Crippen molar-refractivity contribution in [3.05, 3.63) is 69.5 Å². The SMILES string of the molecule is CN1C(=O)[C@@](O)(CC(=O)c2ccc(F)cc2)c2cc([N+](=O)[O-])ccc21. The van der Waals surface area contributed by atoms with Gasteiger partial charge in [-0.2, -0.15) is 0 Å². The number of nitrogens with zero attached hydrogens (tertiary/aromatic N) is 2. The predicted molar refractivity (Wildman–Crippen MR) is 85.8 cm³/mol. The van der Waals surface area contributed by atoms with Crippen LogP contribution in [0.5, 0.6) is 0 Å². The summed E-state index contributed by atoms with van der Waals surface area (Å²) in [5, 5.41) is 21.8. The molecule has 0 radical (unpaired) electrons. The van der Waals surface area contributed by atoms with Gasteiger partial charge in [0.1, 0.15) is 5.82 Å². The molecule has 2 aromatic rings. The van der Waals surface area contributed by atoms with E-state index in [0.29, 0.717) is 5.69 Å². The molecule has 0 bridgehead atoms. The van der Waals surface area contributed by atoms with E-state index in [4.69, 9.17) is 0 Å². The number of ketones is 1. The molecule has 8 heteroatoms. The molecule has 128 valence electrons. The fraction of sp³-hybridized carbons (Fsp3) is 0.176. The molecule has 25 heavy (non-hydrogen) atoms. The van der Waals surface area contributed by atoms with E-state index in [1.165, 1.54) is 31.3 Å². The van der Waals surface area contributed by atoms with E-state index in [2.05, 4.69) is 0 Å². The number of nitro benzene ring substituents is 1. The second kappa shape index (κ2) is 5.75. The van der Waals surface area contributed by atoms with Crippen molar-refractivity contribution in [3.63, 3.8) is 0 Å². The summed E-state index contributed by atoms with van der Waals surface area (Å²) >= 11 is 0. The molecule has 1 atom stereocenters. The van der Waals surface area contributed by atoms with Crippen LogP contribution in [0.2, 0.25) is 0 Å². The summed E-state index contributed by atoms with van der Waals surface area (Å²) in [5.41, 5.74) is -2.07. The number of carbonyl (C=O) groups is 2. The maximum Gasteiger partial charge on any atom is 0.269 e. The van der Waals surface area contributed by atoms with Crippen molar-refractivity contribution in [1.29, 1.82) is 0 Å². The van der Waals surface area contributed by atoms with Crippen molar-refractivity contribution in [1.82, 2.24) is 0 Å². The third kappa shape index (κ3) is 2.66. The van der Waals surface area contributed by atoms with Crippen molar-refractivity contribution >= 4 is 23.1 Å². The highest BCUT2D eigenvalue weighted by Gasteiger charge is 2.50. The van der Waals surface area contributed by atoms with Crippen molar-refractivity contribution in [2.75, 3.05) is 11.9 Å². The maximum atomic E-state index is 13.0. The molecule has 0 fully saturated rings. The number of non-ortho nitro benzene ring substituents is 1. The average molecular weight is 344 g/mol. The highest BCUT2D eigenvalue weighted by Crippen LogP contribution is 2.43. The number of nitro groups is 1. The average Bonchev–Trinajstić information content (AvgIpc) is 2.77. The first kappa shape index (κ1) is 16.7. The smallest absolute Gasteiger partial charge is 0.269 e. The van der Waals surface area contributed by atoms with Gasteiger partial charge in [-0.1, -0.05) is 0 Å². The minimum Gasteiger partial charge on any atom is -0.375 e. The van der Waals surface area contributed by atoms with Crippen molar-refractivity contribution < 1.29 is 24.0 Å². The maximum absolute atomic E-state index is 13.0. The van der Waals surface area contributed by atoms with Crippen LogP contribution in [0, 0.1) is 15.9 Å². The lowest BCUT2D eigenvalue weighted by molar-refractivity contribution is -0.385. The molecule has 0 aliphatic carbocycles. The number of rotatable bonds is 4. The fourth-order valence-corrected chi connectivity index (χ4v) is 2.90. The summed E-state index contributed by atoms with van der Waals surface area (Å²) in [6, 6.07) is 8.35. The van der Waals surface area contributed by atoms with Gasteiger partial charge >= 0.3 is 0 Å². The number of amides is 1. The van der Waals surface area contributed by atoms with Crippen LogP contribution in [-0.4, -0.2) is 28.8 Å². The molecule has 0 saturated carbocycles. The van der Waals surface area contributed by atoms with Crippen LogP contribution in [0.4, 0.5) is 15.8 Å². The summed E-state index contributed by atoms with van der Waals surface area (Å²) in [6.07, 6.45) is -0.601. The number of carbonyl (C=O) groups excluding carboxylic acids is 2. The molecule has 0 unspecified atom stereocenters. The number of anilines is 1. The quantitative estimate of drug-likeness (QED) is 0.520. The highest BCUT2D eigenvalue weighted by atomic mass is 19.1. The Hall–Kier alpha value is -3.13. The highest BCUT2D eigenvalue weighted by molar-refractivity contribution is 6.10. The molecule has 7 nitrogen and oxygen atoms in total. The van der Waals surface area contributed by atoms with E-state index >= 15 is 0 Å². The second-order valence-corrected chi connectivity index (χ2v) is 5.79. The molecule has 1 N–H and O–H groups in total. The molecule has 0 spiro atoms. The van der Waals surface area contributed by atoms with Gasteiger partial charge in [-0.15, -0.1) is 0 Å². The molecule has 0 saturated heterocycles. The van der Waals surface area contributed by atoms with Gasteiger partial charge in [0.25, 0.3) is 11.6 Å². The fourth-order valence-electron chi connectivity index (χ4n) is 2.90. The number of benzene rings is 2. The van der Waals surface area contributed by atoms with Crippen LogP contribution in [0.15, 0.2) is 42.5 Å². The van der Waals surface area contributed by atoms with Gasteiger partial charge in [0.05, 0.1) is 17.0 Å². The van der Waals surface area contributed by atoms with Gasteiger partial charge in [-0.25, -0.2) is 4.39 Å². The first-order valence-electron chi connectivity index (χ1n) is 7.32. The number of Topliss-reactive ketones (excluding diaryl/α,β-unsaturated/α-hetero) is 1. The molecule has 0 aromatic heterocycles. The zero-order chi connectivity index (χ0) is 18.4. The second-order valence-electron chi connectivity index (χ2n) is 5.79.